The molecule has 1 amide bonds. The Morgan fingerprint density at radius 3 is 2.85 bits per heavy atom. The first-order chi connectivity index (χ1) is 9.49. The fourth-order valence-electron chi connectivity index (χ4n) is 2.29. The monoisotopic (exact) mass is 281 g/mol. The van der Waals surface area contributed by atoms with Gasteiger partial charge < -0.3 is 14.7 Å². The molecular weight excluding hydrogens is 261 g/mol. The molecule has 3 unspecified atom stereocenters. The predicted octanol–water partition coefficient (Wildman–Crippen LogP) is 1.82. The molecule has 0 aliphatic carbocycles. The van der Waals surface area contributed by atoms with E-state index in [0.29, 0.717) is 13.1 Å². The van der Waals surface area contributed by atoms with Crippen molar-refractivity contribution in [2.24, 2.45) is 5.92 Å². The highest BCUT2D eigenvalue weighted by Crippen LogP contribution is 2.20. The number of halogens is 1. The molecule has 1 N–H and O–H groups in total. The summed E-state index contributed by atoms with van der Waals surface area (Å²) in [5, 5.41) is 9.82. The second kappa shape index (κ2) is 6.22. The second-order valence-corrected chi connectivity index (χ2v) is 5.31. The number of aliphatic hydroxyl groups excluding tert-OH is 1. The van der Waals surface area contributed by atoms with Crippen LogP contribution >= 0.6 is 0 Å². The molecular formula is C15H20FNO3. The van der Waals surface area contributed by atoms with Crippen molar-refractivity contribution in [1.82, 2.24) is 4.90 Å². The summed E-state index contributed by atoms with van der Waals surface area (Å²) < 4.78 is 18.9. The number of nitrogens with zero attached hydrogens (tertiary/aromatic N) is 1. The fourth-order valence-corrected chi connectivity index (χ4v) is 2.29. The third-order valence-electron chi connectivity index (χ3n) is 3.72. The van der Waals surface area contributed by atoms with E-state index < -0.39 is 18.0 Å². The van der Waals surface area contributed by atoms with Gasteiger partial charge in [0.2, 0.25) is 0 Å². The number of likely N-dealkylation sites (tertiary alicyclic amines) is 1. The Hall–Kier alpha value is -1.62. The first-order valence-corrected chi connectivity index (χ1v) is 6.87. The summed E-state index contributed by atoms with van der Waals surface area (Å²) in [6, 6.07) is 6.00. The predicted molar refractivity (Wildman–Crippen MR) is 72.9 cm³/mol. The van der Waals surface area contributed by atoms with Crippen molar-refractivity contribution in [3.8, 4) is 5.75 Å². The summed E-state index contributed by atoms with van der Waals surface area (Å²) in [4.78, 5) is 13.8. The molecule has 110 valence electrons. The molecule has 3 atom stereocenters. The van der Waals surface area contributed by atoms with E-state index in [1.807, 2.05) is 6.92 Å². The van der Waals surface area contributed by atoms with Crippen molar-refractivity contribution < 1.29 is 19.0 Å². The van der Waals surface area contributed by atoms with Crippen LogP contribution in [0.3, 0.4) is 0 Å². The number of hydrogen-bond acceptors (Lipinski definition) is 3. The normalized spacial score (nSPS) is 24.3. The quantitative estimate of drug-likeness (QED) is 0.919. The molecule has 1 aromatic rings. The van der Waals surface area contributed by atoms with Gasteiger partial charge in [0.15, 0.2) is 17.7 Å². The number of piperidine rings is 1. The van der Waals surface area contributed by atoms with E-state index in [1.54, 1.807) is 24.0 Å². The summed E-state index contributed by atoms with van der Waals surface area (Å²) in [5.41, 5.74) is 0. The number of hydrogen-bond donors (Lipinski definition) is 1. The zero-order chi connectivity index (χ0) is 14.7. The van der Waals surface area contributed by atoms with Gasteiger partial charge in [-0.3, -0.25) is 4.79 Å². The minimum atomic E-state index is -0.771. The third kappa shape index (κ3) is 3.28. The molecule has 0 radical (unpaired) electrons. The van der Waals surface area contributed by atoms with Crippen LogP contribution in [0.4, 0.5) is 4.39 Å². The van der Waals surface area contributed by atoms with Crippen molar-refractivity contribution in [3.05, 3.63) is 30.1 Å². The Balaban J connectivity index is 1.97. The molecule has 1 heterocycles. The highest BCUT2D eigenvalue weighted by atomic mass is 19.1. The van der Waals surface area contributed by atoms with Gasteiger partial charge >= 0.3 is 0 Å². The third-order valence-corrected chi connectivity index (χ3v) is 3.72. The molecule has 20 heavy (non-hydrogen) atoms. The van der Waals surface area contributed by atoms with E-state index in [1.165, 1.54) is 12.1 Å². The Bertz CT molecular complexity index is 480. The van der Waals surface area contributed by atoms with Crippen LogP contribution in [0.5, 0.6) is 5.75 Å². The number of rotatable bonds is 3. The second-order valence-electron chi connectivity index (χ2n) is 5.31. The number of ether oxygens (including phenoxy) is 1. The summed E-state index contributed by atoms with van der Waals surface area (Å²) in [7, 11) is 0. The molecule has 0 bridgehead atoms. The number of β-amino-alcohol motifs (C(OH)–C–C–N with tert-alkyl or cyclic N) is 1. The largest absolute Gasteiger partial charge is 0.478 e. The summed E-state index contributed by atoms with van der Waals surface area (Å²) in [6.07, 6.45) is -0.514. The van der Waals surface area contributed by atoms with E-state index in [9.17, 15) is 14.3 Å². The molecule has 0 saturated carbocycles. The van der Waals surface area contributed by atoms with Crippen molar-refractivity contribution in [1.29, 1.82) is 0 Å². The molecule has 1 fully saturated rings. The Morgan fingerprint density at radius 2 is 2.20 bits per heavy atom. The van der Waals surface area contributed by atoms with Crippen LogP contribution < -0.4 is 4.74 Å². The molecule has 1 aromatic carbocycles. The highest BCUT2D eigenvalue weighted by Gasteiger charge is 2.30. The van der Waals surface area contributed by atoms with E-state index in [0.717, 1.165) is 6.42 Å². The standard InChI is InChI=1S/C15H20FNO3/c1-10-7-8-17(9-13(10)18)15(19)11(2)20-14-6-4-3-5-12(14)16/h3-6,10-11,13,18H,7-9H2,1-2H3. The van der Waals surface area contributed by atoms with Crippen LogP contribution in [0.15, 0.2) is 24.3 Å². The number of aliphatic hydroxyl groups is 1. The molecule has 2 rings (SSSR count). The van der Waals surface area contributed by atoms with Gasteiger partial charge in [-0.25, -0.2) is 4.39 Å². The Kier molecular flexibility index (Phi) is 4.60. The van der Waals surface area contributed by atoms with Gasteiger partial charge in [-0.05, 0) is 31.4 Å². The van der Waals surface area contributed by atoms with Crippen LogP contribution in [0, 0.1) is 11.7 Å². The van der Waals surface area contributed by atoms with Crippen molar-refractivity contribution in [2.45, 2.75) is 32.5 Å². The fraction of sp³-hybridized carbons (Fsp3) is 0.533. The Labute approximate surface area is 118 Å². The van der Waals surface area contributed by atoms with Crippen LogP contribution in [0.25, 0.3) is 0 Å². The average molecular weight is 281 g/mol. The molecule has 5 heteroatoms. The minimum absolute atomic E-state index is 0.0688. The van der Waals surface area contributed by atoms with Gasteiger partial charge in [0.25, 0.3) is 5.91 Å². The maximum Gasteiger partial charge on any atom is 0.263 e. The van der Waals surface area contributed by atoms with Crippen LogP contribution in [-0.4, -0.2) is 41.2 Å². The lowest BCUT2D eigenvalue weighted by molar-refractivity contribution is -0.142. The van der Waals surface area contributed by atoms with Gasteiger partial charge in [-0.15, -0.1) is 0 Å². The van der Waals surface area contributed by atoms with E-state index in [4.69, 9.17) is 4.74 Å². The molecule has 4 nitrogen and oxygen atoms in total. The first kappa shape index (κ1) is 14.8. The molecule has 1 saturated heterocycles. The van der Waals surface area contributed by atoms with Gasteiger partial charge in [-0.2, -0.15) is 0 Å². The lowest BCUT2D eigenvalue weighted by Crippen LogP contribution is -2.49. The highest BCUT2D eigenvalue weighted by molar-refractivity contribution is 5.81. The van der Waals surface area contributed by atoms with Crippen LogP contribution in [0.2, 0.25) is 0 Å². The van der Waals surface area contributed by atoms with Gasteiger partial charge in [0.1, 0.15) is 0 Å². The molecule has 0 aromatic heterocycles. The van der Waals surface area contributed by atoms with Gasteiger partial charge in [0, 0.05) is 13.1 Å². The van der Waals surface area contributed by atoms with Crippen LogP contribution in [-0.2, 0) is 4.79 Å². The zero-order valence-electron chi connectivity index (χ0n) is 11.8. The topological polar surface area (TPSA) is 49.8 Å². The minimum Gasteiger partial charge on any atom is -0.478 e. The maximum absolute atomic E-state index is 13.5. The first-order valence-electron chi connectivity index (χ1n) is 6.87. The number of para-hydroxylation sites is 1. The van der Waals surface area contributed by atoms with E-state index in [-0.39, 0.29) is 17.6 Å². The summed E-state index contributed by atoms with van der Waals surface area (Å²) >= 11 is 0. The lowest BCUT2D eigenvalue weighted by Gasteiger charge is -2.35. The van der Waals surface area contributed by atoms with Crippen LogP contribution in [0.1, 0.15) is 20.3 Å². The van der Waals surface area contributed by atoms with E-state index >= 15 is 0 Å². The maximum atomic E-state index is 13.5. The lowest BCUT2D eigenvalue weighted by atomic mass is 9.96. The summed E-state index contributed by atoms with van der Waals surface area (Å²) in [6.45, 7) is 4.47. The molecule has 1 aliphatic heterocycles. The SMILES string of the molecule is CC(Oc1ccccc1F)C(=O)N1CCC(C)C(O)C1. The summed E-state index contributed by atoms with van der Waals surface area (Å²) in [5.74, 6) is -0.445. The van der Waals surface area contributed by atoms with Crippen molar-refractivity contribution in [2.75, 3.05) is 13.1 Å². The zero-order valence-corrected chi connectivity index (χ0v) is 11.8. The average Bonchev–Trinajstić information content (AvgIpc) is 2.43. The number of benzene rings is 1. The van der Waals surface area contributed by atoms with Crippen molar-refractivity contribution in [3.63, 3.8) is 0 Å². The number of carbonyl (C=O) groups excluding carboxylic acids is 1. The van der Waals surface area contributed by atoms with E-state index in [2.05, 4.69) is 0 Å². The molecule has 0 spiro atoms. The van der Waals surface area contributed by atoms with Gasteiger partial charge in [-0.1, -0.05) is 19.1 Å². The van der Waals surface area contributed by atoms with Gasteiger partial charge in [0.05, 0.1) is 6.10 Å². The number of amides is 1. The smallest absolute Gasteiger partial charge is 0.263 e. The van der Waals surface area contributed by atoms with Crippen molar-refractivity contribution >= 4 is 5.91 Å². The number of carbonyl (C=O) groups is 1. The Morgan fingerprint density at radius 1 is 1.50 bits per heavy atom. The molecule has 1 aliphatic rings.